The molecule has 0 saturated carbocycles. The molecule has 0 spiro atoms. The molecule has 0 bridgehead atoms. The molecule has 74 valence electrons. The van der Waals surface area contributed by atoms with Crippen LogP contribution in [-0.2, 0) is 4.84 Å². The maximum atomic E-state index is 5.51. The molecule has 0 atom stereocenters. The first-order valence-electron chi connectivity index (χ1n) is 4.68. The summed E-state index contributed by atoms with van der Waals surface area (Å²) in [6.07, 6.45) is 1.10. The molecule has 0 aromatic rings. The van der Waals surface area contributed by atoms with Crippen LogP contribution < -0.4 is 0 Å². The zero-order valence-corrected chi connectivity index (χ0v) is 9.35. The van der Waals surface area contributed by atoms with Gasteiger partial charge in [0.05, 0.1) is 6.61 Å². The highest BCUT2D eigenvalue weighted by molar-refractivity contribution is 4.59. The fourth-order valence-electron chi connectivity index (χ4n) is 0.645. The summed E-state index contributed by atoms with van der Waals surface area (Å²) >= 11 is 0. The molecular weight excluding hydrogens is 150 g/mol. The summed E-state index contributed by atoms with van der Waals surface area (Å²) in [4.78, 5) is 5.51. The highest BCUT2D eigenvalue weighted by Crippen LogP contribution is 2.18. The lowest BCUT2D eigenvalue weighted by molar-refractivity contribution is -0.164. The monoisotopic (exact) mass is 173 g/mol. The standard InChI is InChI=1S/C10H23NO/c1-9(2)11(6)12-8-7-10(3,4)5/h9H,7-8H2,1-6H3. The number of hydroxylamine groups is 2. The number of nitrogens with zero attached hydrogens (tertiary/aromatic N) is 1. The van der Waals surface area contributed by atoms with Crippen LogP contribution in [0, 0.1) is 5.41 Å². The van der Waals surface area contributed by atoms with Gasteiger partial charge >= 0.3 is 0 Å². The molecular formula is C10H23NO. The van der Waals surface area contributed by atoms with Crippen molar-refractivity contribution < 1.29 is 4.84 Å². The van der Waals surface area contributed by atoms with E-state index < -0.39 is 0 Å². The molecule has 0 aliphatic carbocycles. The van der Waals surface area contributed by atoms with Gasteiger partial charge in [0.2, 0.25) is 0 Å². The lowest BCUT2D eigenvalue weighted by atomic mass is 9.93. The molecule has 12 heavy (non-hydrogen) atoms. The van der Waals surface area contributed by atoms with Gasteiger partial charge in [0.15, 0.2) is 0 Å². The van der Waals surface area contributed by atoms with Gasteiger partial charge in [-0.2, -0.15) is 5.06 Å². The van der Waals surface area contributed by atoms with Crippen molar-refractivity contribution in [1.29, 1.82) is 0 Å². The fraction of sp³-hybridized carbons (Fsp3) is 1.00. The van der Waals surface area contributed by atoms with Crippen molar-refractivity contribution in [3.05, 3.63) is 0 Å². The number of hydrogen-bond donors (Lipinski definition) is 0. The molecule has 0 aromatic heterocycles. The Bertz CT molecular complexity index is 115. The predicted molar refractivity (Wildman–Crippen MR) is 52.9 cm³/mol. The Balaban J connectivity index is 3.44. The quantitative estimate of drug-likeness (QED) is 0.606. The van der Waals surface area contributed by atoms with Crippen LogP contribution in [0.15, 0.2) is 0 Å². The molecule has 0 fully saturated rings. The minimum atomic E-state index is 0.373. The van der Waals surface area contributed by atoms with Crippen molar-refractivity contribution >= 4 is 0 Å². The average molecular weight is 173 g/mol. The SMILES string of the molecule is CC(C)N(C)OCCC(C)(C)C. The molecule has 0 aliphatic rings. The highest BCUT2D eigenvalue weighted by Gasteiger charge is 2.11. The first kappa shape index (κ1) is 11.9. The van der Waals surface area contributed by atoms with Gasteiger partial charge in [0, 0.05) is 13.1 Å². The molecule has 0 aliphatic heterocycles. The van der Waals surface area contributed by atoms with Crippen LogP contribution in [0.1, 0.15) is 41.0 Å². The zero-order valence-electron chi connectivity index (χ0n) is 9.35. The van der Waals surface area contributed by atoms with E-state index in [2.05, 4.69) is 34.6 Å². The van der Waals surface area contributed by atoms with Gasteiger partial charge < -0.3 is 0 Å². The van der Waals surface area contributed by atoms with E-state index in [1.165, 1.54) is 0 Å². The van der Waals surface area contributed by atoms with Crippen molar-refractivity contribution in [3.63, 3.8) is 0 Å². The van der Waals surface area contributed by atoms with Crippen LogP contribution in [0.4, 0.5) is 0 Å². The normalized spacial score (nSPS) is 13.0. The third-order valence-corrected chi connectivity index (χ3v) is 1.87. The van der Waals surface area contributed by atoms with E-state index in [0.717, 1.165) is 13.0 Å². The summed E-state index contributed by atoms with van der Waals surface area (Å²) in [5, 5.41) is 1.91. The summed E-state index contributed by atoms with van der Waals surface area (Å²) in [5.41, 5.74) is 0.373. The van der Waals surface area contributed by atoms with E-state index in [4.69, 9.17) is 4.84 Å². The van der Waals surface area contributed by atoms with Crippen molar-refractivity contribution in [2.75, 3.05) is 13.7 Å². The first-order valence-corrected chi connectivity index (χ1v) is 4.68. The fourth-order valence-corrected chi connectivity index (χ4v) is 0.645. The molecule has 0 rings (SSSR count). The van der Waals surface area contributed by atoms with Crippen LogP contribution in [0.25, 0.3) is 0 Å². The Morgan fingerprint density at radius 1 is 1.25 bits per heavy atom. The van der Waals surface area contributed by atoms with E-state index >= 15 is 0 Å². The summed E-state index contributed by atoms with van der Waals surface area (Å²) in [6, 6.07) is 0.463. The molecule has 2 heteroatoms. The molecule has 0 N–H and O–H groups in total. The summed E-state index contributed by atoms with van der Waals surface area (Å²) in [7, 11) is 1.98. The second-order valence-electron chi connectivity index (χ2n) is 4.78. The van der Waals surface area contributed by atoms with E-state index in [-0.39, 0.29) is 0 Å². The highest BCUT2D eigenvalue weighted by atomic mass is 16.7. The minimum absolute atomic E-state index is 0.373. The second kappa shape index (κ2) is 4.83. The van der Waals surface area contributed by atoms with Crippen LogP contribution >= 0.6 is 0 Å². The van der Waals surface area contributed by atoms with Crippen molar-refractivity contribution in [2.45, 2.75) is 47.1 Å². The second-order valence-corrected chi connectivity index (χ2v) is 4.78. The van der Waals surface area contributed by atoms with Crippen LogP contribution in [-0.4, -0.2) is 24.8 Å². The first-order chi connectivity index (χ1) is 5.33. The lowest BCUT2D eigenvalue weighted by Gasteiger charge is -2.23. The Kier molecular flexibility index (Phi) is 4.80. The van der Waals surface area contributed by atoms with Crippen molar-refractivity contribution in [3.8, 4) is 0 Å². The van der Waals surface area contributed by atoms with E-state index in [1.807, 2.05) is 12.1 Å². The third kappa shape index (κ3) is 6.62. The number of rotatable bonds is 4. The molecule has 0 saturated heterocycles. The summed E-state index contributed by atoms with van der Waals surface area (Å²) in [5.74, 6) is 0. The van der Waals surface area contributed by atoms with Crippen molar-refractivity contribution in [1.82, 2.24) is 5.06 Å². The van der Waals surface area contributed by atoms with Gasteiger partial charge in [-0.15, -0.1) is 0 Å². The van der Waals surface area contributed by atoms with Crippen LogP contribution in [0.2, 0.25) is 0 Å². The Morgan fingerprint density at radius 2 is 1.75 bits per heavy atom. The van der Waals surface area contributed by atoms with Gasteiger partial charge in [-0.05, 0) is 25.7 Å². The van der Waals surface area contributed by atoms with E-state index in [1.54, 1.807) is 0 Å². The smallest absolute Gasteiger partial charge is 0.0690 e. The van der Waals surface area contributed by atoms with Gasteiger partial charge in [-0.25, -0.2) is 0 Å². The lowest BCUT2D eigenvalue weighted by Crippen LogP contribution is -2.28. The van der Waals surface area contributed by atoms with E-state index in [9.17, 15) is 0 Å². The third-order valence-electron chi connectivity index (χ3n) is 1.87. The predicted octanol–water partition coefficient (Wildman–Crippen LogP) is 2.69. The van der Waals surface area contributed by atoms with E-state index in [0.29, 0.717) is 11.5 Å². The molecule has 0 amide bonds. The minimum Gasteiger partial charge on any atom is -0.299 e. The molecule has 0 radical (unpaired) electrons. The maximum absolute atomic E-state index is 5.51. The van der Waals surface area contributed by atoms with Gasteiger partial charge in [-0.3, -0.25) is 4.84 Å². The molecule has 0 unspecified atom stereocenters. The zero-order chi connectivity index (χ0) is 9.78. The van der Waals surface area contributed by atoms with Crippen molar-refractivity contribution in [2.24, 2.45) is 5.41 Å². The largest absolute Gasteiger partial charge is 0.299 e. The molecule has 0 aromatic carbocycles. The van der Waals surface area contributed by atoms with Gasteiger partial charge in [0.25, 0.3) is 0 Å². The molecule has 0 heterocycles. The topological polar surface area (TPSA) is 12.5 Å². The summed E-state index contributed by atoms with van der Waals surface area (Å²) in [6.45, 7) is 11.7. The summed E-state index contributed by atoms with van der Waals surface area (Å²) < 4.78 is 0. The average Bonchev–Trinajstić information content (AvgIpc) is 1.84. The van der Waals surface area contributed by atoms with Gasteiger partial charge in [-0.1, -0.05) is 20.8 Å². The Morgan fingerprint density at radius 3 is 2.08 bits per heavy atom. The maximum Gasteiger partial charge on any atom is 0.0690 e. The van der Waals surface area contributed by atoms with Gasteiger partial charge in [0.1, 0.15) is 0 Å². The number of hydrogen-bond acceptors (Lipinski definition) is 2. The molecule has 2 nitrogen and oxygen atoms in total. The Labute approximate surface area is 76.9 Å². The van der Waals surface area contributed by atoms with Crippen LogP contribution in [0.5, 0.6) is 0 Å². The van der Waals surface area contributed by atoms with Crippen LogP contribution in [0.3, 0.4) is 0 Å². The Hall–Kier alpha value is -0.0800.